The zero-order chi connectivity index (χ0) is 25.9. The average molecular weight is 509 g/mol. The number of hydrogen-bond acceptors (Lipinski definition) is 6. The Labute approximate surface area is 216 Å². The van der Waals surface area contributed by atoms with Crippen LogP contribution in [0.5, 0.6) is 5.75 Å². The third-order valence-corrected chi connectivity index (χ3v) is 6.53. The highest BCUT2D eigenvalue weighted by molar-refractivity contribution is 6.31. The van der Waals surface area contributed by atoms with Crippen molar-refractivity contribution >= 4 is 22.5 Å². The minimum Gasteiger partial charge on any atom is -0.494 e. The normalized spacial score (nSPS) is 12.9. The molecule has 0 radical (unpaired) electrons. The van der Waals surface area contributed by atoms with E-state index in [1.165, 1.54) is 0 Å². The molecule has 2 heterocycles. The molecule has 1 unspecified atom stereocenters. The fraction of sp³-hybridized carbons (Fsp3) is 0.407. The number of pyridine rings is 1. The van der Waals surface area contributed by atoms with Crippen LogP contribution >= 0.6 is 11.6 Å². The molecule has 0 saturated carbocycles. The van der Waals surface area contributed by atoms with E-state index in [-0.39, 0.29) is 17.1 Å². The van der Waals surface area contributed by atoms with Gasteiger partial charge in [0.2, 0.25) is 0 Å². The largest absolute Gasteiger partial charge is 0.494 e. The number of rotatable bonds is 9. The summed E-state index contributed by atoms with van der Waals surface area (Å²) < 4.78 is 7.53. The molecule has 4 rings (SSSR count). The first-order valence-corrected chi connectivity index (χ1v) is 12.6. The number of nitrogens with zero attached hydrogens (tertiary/aromatic N) is 5. The Hall–Kier alpha value is -3.23. The van der Waals surface area contributed by atoms with Crippen LogP contribution < -0.4 is 10.3 Å². The van der Waals surface area contributed by atoms with Crippen LogP contribution in [0.4, 0.5) is 0 Å². The van der Waals surface area contributed by atoms with Gasteiger partial charge in [-0.2, -0.15) is 0 Å². The lowest BCUT2D eigenvalue weighted by atomic mass is 10.0. The number of tetrazole rings is 1. The predicted octanol–water partition coefficient (Wildman–Crippen LogP) is 5.48. The van der Waals surface area contributed by atoms with E-state index in [1.807, 2.05) is 60.1 Å². The van der Waals surface area contributed by atoms with Crippen molar-refractivity contribution in [3.05, 3.63) is 80.9 Å². The maximum atomic E-state index is 13.1. The van der Waals surface area contributed by atoms with E-state index in [2.05, 4.69) is 53.1 Å². The van der Waals surface area contributed by atoms with Crippen LogP contribution in [0.3, 0.4) is 0 Å². The molecule has 0 bridgehead atoms. The summed E-state index contributed by atoms with van der Waals surface area (Å²) in [6.07, 6.45) is 0.751. The number of benzene rings is 2. The third-order valence-electron chi connectivity index (χ3n) is 6.16. The number of H-pyrrole nitrogens is 1. The molecule has 1 atom stereocenters. The predicted molar refractivity (Wildman–Crippen MR) is 142 cm³/mol. The van der Waals surface area contributed by atoms with E-state index < -0.39 is 0 Å². The molecule has 8 nitrogen and oxygen atoms in total. The first kappa shape index (κ1) is 25.9. The second kappa shape index (κ2) is 10.8. The average Bonchev–Trinajstić information content (AvgIpc) is 3.32. The summed E-state index contributed by atoms with van der Waals surface area (Å²) in [5.74, 6) is 1.53. The lowest BCUT2D eigenvalue weighted by molar-refractivity contribution is 0.153. The highest BCUT2D eigenvalue weighted by atomic mass is 35.5. The summed E-state index contributed by atoms with van der Waals surface area (Å²) in [6, 6.07) is 15.3. The van der Waals surface area contributed by atoms with E-state index >= 15 is 0 Å². The van der Waals surface area contributed by atoms with Crippen LogP contribution in [0.2, 0.25) is 5.02 Å². The number of hydrogen-bond donors (Lipinski definition) is 1. The molecule has 2 aromatic heterocycles. The number of ether oxygens (including phenoxy) is 1. The summed E-state index contributed by atoms with van der Waals surface area (Å²) in [5.41, 5.74) is 1.98. The molecule has 0 spiro atoms. The molecular weight excluding hydrogens is 476 g/mol. The summed E-state index contributed by atoms with van der Waals surface area (Å²) in [6.45, 7) is 11.8. The van der Waals surface area contributed by atoms with Gasteiger partial charge >= 0.3 is 0 Å². The smallest absolute Gasteiger partial charge is 0.252 e. The minimum absolute atomic E-state index is 0.124. The van der Waals surface area contributed by atoms with Gasteiger partial charge < -0.3 is 9.72 Å². The van der Waals surface area contributed by atoms with Crippen LogP contribution in [-0.4, -0.2) is 36.7 Å². The Morgan fingerprint density at radius 2 is 1.83 bits per heavy atom. The maximum Gasteiger partial charge on any atom is 0.252 e. The van der Waals surface area contributed by atoms with Gasteiger partial charge in [0.15, 0.2) is 5.82 Å². The Balaban J connectivity index is 1.78. The van der Waals surface area contributed by atoms with E-state index in [4.69, 9.17) is 16.3 Å². The molecule has 0 saturated heterocycles. The van der Waals surface area contributed by atoms with Crippen LogP contribution in [0.25, 0.3) is 10.9 Å². The molecule has 9 heteroatoms. The topological polar surface area (TPSA) is 88.9 Å². The Kier molecular flexibility index (Phi) is 7.76. The highest BCUT2D eigenvalue weighted by Crippen LogP contribution is 2.30. The maximum absolute atomic E-state index is 13.1. The molecule has 0 aliphatic carbocycles. The molecular formula is C27H33ClN6O2. The van der Waals surface area contributed by atoms with Gasteiger partial charge in [0.25, 0.3) is 5.56 Å². The standard InChI is InChI=1S/C27H33ClN6O2/c1-6-24(25-30-31-32-34(25)27(3,4)5)33(16-18-10-8-9-11-22(18)28)17-20-14-19-15-21(36-7-2)12-13-23(19)29-26(20)35/h8-15,24H,6-7,16-17H2,1-5H3,(H,29,35). The first-order valence-electron chi connectivity index (χ1n) is 12.3. The van der Waals surface area contributed by atoms with Crippen molar-refractivity contribution in [1.82, 2.24) is 30.1 Å². The van der Waals surface area contributed by atoms with Crippen molar-refractivity contribution < 1.29 is 4.74 Å². The number of fused-ring (bicyclic) bond motifs is 1. The second-order valence-corrected chi connectivity index (χ2v) is 10.3. The van der Waals surface area contributed by atoms with Crippen molar-refractivity contribution in [2.75, 3.05) is 6.61 Å². The first-order chi connectivity index (χ1) is 17.2. The number of nitrogens with one attached hydrogen (secondary N) is 1. The molecule has 1 N–H and O–H groups in total. The molecule has 190 valence electrons. The van der Waals surface area contributed by atoms with E-state index in [0.29, 0.717) is 30.3 Å². The number of aromatic nitrogens is 5. The van der Waals surface area contributed by atoms with Gasteiger partial charge in [0, 0.05) is 34.6 Å². The van der Waals surface area contributed by atoms with Gasteiger partial charge in [0.05, 0.1) is 18.2 Å². The Morgan fingerprint density at radius 1 is 1.08 bits per heavy atom. The Morgan fingerprint density at radius 3 is 2.53 bits per heavy atom. The van der Waals surface area contributed by atoms with Crippen LogP contribution in [0.1, 0.15) is 64.0 Å². The third kappa shape index (κ3) is 5.60. The van der Waals surface area contributed by atoms with Crippen molar-refractivity contribution in [1.29, 1.82) is 0 Å². The minimum atomic E-state index is -0.293. The van der Waals surface area contributed by atoms with Gasteiger partial charge in [-0.25, -0.2) is 4.68 Å². The van der Waals surface area contributed by atoms with Gasteiger partial charge in [-0.05, 0) is 80.4 Å². The lowest BCUT2D eigenvalue weighted by Crippen LogP contribution is -2.35. The molecule has 0 aliphatic heterocycles. The summed E-state index contributed by atoms with van der Waals surface area (Å²) in [7, 11) is 0. The molecule has 0 aliphatic rings. The molecule has 4 aromatic rings. The Bertz CT molecular complexity index is 1390. The zero-order valence-electron chi connectivity index (χ0n) is 21.5. The van der Waals surface area contributed by atoms with E-state index in [0.717, 1.165) is 34.5 Å². The number of aromatic amines is 1. The molecule has 0 fully saturated rings. The molecule has 36 heavy (non-hydrogen) atoms. The number of halogens is 1. The molecule has 2 aromatic carbocycles. The SMILES string of the molecule is CCOc1ccc2[nH]c(=O)c(CN(Cc3ccccc3Cl)C(CC)c3nnnn3C(C)(C)C)cc2c1. The van der Waals surface area contributed by atoms with E-state index in [9.17, 15) is 4.79 Å². The quantitative estimate of drug-likeness (QED) is 0.322. The van der Waals surface area contributed by atoms with Crippen molar-refractivity contribution in [3.63, 3.8) is 0 Å². The fourth-order valence-electron chi connectivity index (χ4n) is 4.43. The summed E-state index contributed by atoms with van der Waals surface area (Å²) in [5, 5.41) is 14.3. The summed E-state index contributed by atoms with van der Waals surface area (Å²) in [4.78, 5) is 18.4. The van der Waals surface area contributed by atoms with Crippen LogP contribution in [0.15, 0.2) is 53.3 Å². The zero-order valence-corrected chi connectivity index (χ0v) is 22.2. The van der Waals surface area contributed by atoms with Crippen molar-refractivity contribution in [3.8, 4) is 5.75 Å². The van der Waals surface area contributed by atoms with Crippen LogP contribution in [0, 0.1) is 0 Å². The van der Waals surface area contributed by atoms with Gasteiger partial charge in [-0.3, -0.25) is 9.69 Å². The highest BCUT2D eigenvalue weighted by Gasteiger charge is 2.30. The van der Waals surface area contributed by atoms with Gasteiger partial charge in [-0.1, -0.05) is 36.7 Å². The van der Waals surface area contributed by atoms with Crippen LogP contribution in [-0.2, 0) is 18.6 Å². The lowest BCUT2D eigenvalue weighted by Gasteiger charge is -2.32. The summed E-state index contributed by atoms with van der Waals surface area (Å²) >= 11 is 6.55. The van der Waals surface area contributed by atoms with E-state index in [1.54, 1.807) is 0 Å². The van der Waals surface area contributed by atoms with Crippen molar-refractivity contribution in [2.45, 2.75) is 65.7 Å². The van der Waals surface area contributed by atoms with Gasteiger partial charge in [0.1, 0.15) is 5.75 Å². The monoisotopic (exact) mass is 508 g/mol. The fourth-order valence-corrected chi connectivity index (χ4v) is 4.62. The van der Waals surface area contributed by atoms with Gasteiger partial charge in [-0.15, -0.1) is 5.10 Å². The second-order valence-electron chi connectivity index (χ2n) is 9.85. The molecule has 0 amide bonds. The van der Waals surface area contributed by atoms with Crippen molar-refractivity contribution in [2.24, 2.45) is 0 Å².